The second kappa shape index (κ2) is 9.44. The summed E-state index contributed by atoms with van der Waals surface area (Å²) in [5, 5.41) is 0. The highest BCUT2D eigenvalue weighted by Gasteiger charge is 2.23. The Morgan fingerprint density at radius 1 is 1.11 bits per heavy atom. The van der Waals surface area contributed by atoms with Gasteiger partial charge in [0, 0.05) is 23.9 Å². The lowest BCUT2D eigenvalue weighted by atomic mass is 10.1. The molecule has 1 N–H and O–H groups in total. The first-order valence-electron chi connectivity index (χ1n) is 9.55. The van der Waals surface area contributed by atoms with Crippen LogP contribution in [0.25, 0.3) is 0 Å². The Balaban J connectivity index is 2.29. The minimum absolute atomic E-state index is 0.0557. The molecular formula is C22H30N2O4. The second-order valence-electron chi connectivity index (χ2n) is 7.15. The smallest absolute Gasteiger partial charge is 0.340 e. The lowest BCUT2D eigenvalue weighted by molar-refractivity contribution is -0.135. The molecule has 0 saturated carbocycles. The van der Waals surface area contributed by atoms with Gasteiger partial charge in [-0.3, -0.25) is 4.79 Å². The molecule has 6 nitrogen and oxygen atoms in total. The summed E-state index contributed by atoms with van der Waals surface area (Å²) >= 11 is 0. The number of aromatic amines is 1. The average molecular weight is 386 g/mol. The SMILES string of the molecule is CCOC(=O)c1c(C)[nH]c(CN(Cc2ccc(OC)cc2)C(=O)C(C)C)c1C. The van der Waals surface area contributed by atoms with Gasteiger partial charge in [0.15, 0.2) is 0 Å². The van der Waals surface area contributed by atoms with Crippen LogP contribution in [-0.2, 0) is 22.6 Å². The molecule has 2 rings (SSSR count). The minimum atomic E-state index is -0.336. The summed E-state index contributed by atoms with van der Waals surface area (Å²) in [7, 11) is 1.63. The van der Waals surface area contributed by atoms with E-state index in [4.69, 9.17) is 9.47 Å². The molecule has 0 radical (unpaired) electrons. The molecule has 1 heterocycles. The Labute approximate surface area is 166 Å². The van der Waals surface area contributed by atoms with Gasteiger partial charge in [0.25, 0.3) is 0 Å². The van der Waals surface area contributed by atoms with Crippen LogP contribution in [0.4, 0.5) is 0 Å². The van der Waals surface area contributed by atoms with Crippen molar-refractivity contribution in [1.82, 2.24) is 9.88 Å². The molecule has 0 spiro atoms. The molecule has 1 amide bonds. The van der Waals surface area contributed by atoms with Crippen LogP contribution in [0.5, 0.6) is 5.75 Å². The summed E-state index contributed by atoms with van der Waals surface area (Å²) in [5.41, 5.74) is 4.00. The van der Waals surface area contributed by atoms with Crippen molar-refractivity contribution in [2.45, 2.75) is 47.7 Å². The number of carbonyl (C=O) groups excluding carboxylic acids is 2. The van der Waals surface area contributed by atoms with Crippen LogP contribution in [0.2, 0.25) is 0 Å². The summed E-state index contributed by atoms with van der Waals surface area (Å²) in [6.07, 6.45) is 0. The van der Waals surface area contributed by atoms with Crippen LogP contribution in [-0.4, -0.2) is 35.5 Å². The number of H-pyrrole nitrogens is 1. The maximum Gasteiger partial charge on any atom is 0.340 e. The first-order valence-corrected chi connectivity index (χ1v) is 9.55. The van der Waals surface area contributed by atoms with Crippen molar-refractivity contribution in [1.29, 1.82) is 0 Å². The van der Waals surface area contributed by atoms with E-state index in [9.17, 15) is 9.59 Å². The fraction of sp³-hybridized carbons (Fsp3) is 0.455. The van der Waals surface area contributed by atoms with Crippen molar-refractivity contribution in [2.75, 3.05) is 13.7 Å². The molecule has 28 heavy (non-hydrogen) atoms. The average Bonchev–Trinajstić information content (AvgIpc) is 2.94. The highest BCUT2D eigenvalue weighted by Crippen LogP contribution is 2.22. The number of benzene rings is 1. The molecule has 1 aromatic carbocycles. The maximum absolute atomic E-state index is 12.8. The molecule has 0 aliphatic rings. The number of hydrogen-bond donors (Lipinski definition) is 1. The van der Waals surface area contributed by atoms with Crippen molar-refractivity contribution < 1.29 is 19.1 Å². The first kappa shape index (κ1) is 21.5. The molecule has 0 atom stereocenters. The molecule has 152 valence electrons. The van der Waals surface area contributed by atoms with Crippen LogP contribution in [0.15, 0.2) is 24.3 Å². The normalized spacial score (nSPS) is 10.8. The number of methoxy groups -OCH3 is 1. The third kappa shape index (κ3) is 4.94. The topological polar surface area (TPSA) is 71.6 Å². The number of aromatic nitrogens is 1. The molecule has 0 fully saturated rings. The van der Waals surface area contributed by atoms with E-state index in [-0.39, 0.29) is 17.8 Å². The zero-order valence-corrected chi connectivity index (χ0v) is 17.6. The second-order valence-corrected chi connectivity index (χ2v) is 7.15. The standard InChI is InChI=1S/C22H30N2O4/c1-7-28-22(26)20-15(4)19(23-16(20)5)13-24(21(25)14(2)3)12-17-8-10-18(27-6)11-9-17/h8-11,14,23H,7,12-13H2,1-6H3. The van der Waals surface area contributed by atoms with Crippen molar-refractivity contribution in [2.24, 2.45) is 5.92 Å². The van der Waals surface area contributed by atoms with Crippen LogP contribution in [0.1, 0.15) is 53.6 Å². The van der Waals surface area contributed by atoms with E-state index in [0.717, 1.165) is 28.3 Å². The fourth-order valence-corrected chi connectivity index (χ4v) is 3.20. The Morgan fingerprint density at radius 3 is 2.29 bits per heavy atom. The number of hydrogen-bond acceptors (Lipinski definition) is 4. The van der Waals surface area contributed by atoms with Crippen LogP contribution >= 0.6 is 0 Å². The van der Waals surface area contributed by atoms with Crippen LogP contribution in [0.3, 0.4) is 0 Å². The molecule has 0 saturated heterocycles. The molecule has 0 bridgehead atoms. The lowest BCUT2D eigenvalue weighted by Gasteiger charge is -2.25. The molecule has 6 heteroatoms. The predicted octanol–water partition coefficient (Wildman–Crippen LogP) is 4.00. The number of rotatable bonds is 8. The van der Waals surface area contributed by atoms with E-state index in [1.165, 1.54) is 0 Å². The number of carbonyl (C=O) groups is 2. The van der Waals surface area contributed by atoms with Gasteiger partial charge >= 0.3 is 5.97 Å². The first-order chi connectivity index (χ1) is 13.3. The van der Waals surface area contributed by atoms with Gasteiger partial charge in [0.2, 0.25) is 5.91 Å². The summed E-state index contributed by atoms with van der Waals surface area (Å²) in [6.45, 7) is 10.5. The monoisotopic (exact) mass is 386 g/mol. The summed E-state index contributed by atoms with van der Waals surface area (Å²) in [5.74, 6) is 0.372. The lowest BCUT2D eigenvalue weighted by Crippen LogP contribution is -2.33. The minimum Gasteiger partial charge on any atom is -0.497 e. The summed E-state index contributed by atoms with van der Waals surface area (Å²) in [6, 6.07) is 7.68. The third-order valence-electron chi connectivity index (χ3n) is 4.71. The van der Waals surface area contributed by atoms with E-state index in [0.29, 0.717) is 25.3 Å². The van der Waals surface area contributed by atoms with Gasteiger partial charge in [-0.2, -0.15) is 0 Å². The Kier molecular flexibility index (Phi) is 7.26. The molecular weight excluding hydrogens is 356 g/mol. The number of aryl methyl sites for hydroxylation is 1. The highest BCUT2D eigenvalue weighted by atomic mass is 16.5. The van der Waals surface area contributed by atoms with Crippen molar-refractivity contribution in [3.8, 4) is 5.75 Å². The molecule has 2 aromatic rings. The van der Waals surface area contributed by atoms with Crippen LogP contribution < -0.4 is 4.74 Å². The summed E-state index contributed by atoms with van der Waals surface area (Å²) in [4.78, 5) is 30.1. The van der Waals surface area contributed by atoms with Gasteiger partial charge in [-0.25, -0.2) is 4.79 Å². The molecule has 0 unspecified atom stereocenters. The van der Waals surface area contributed by atoms with E-state index in [1.54, 1.807) is 18.9 Å². The van der Waals surface area contributed by atoms with Gasteiger partial charge in [-0.1, -0.05) is 26.0 Å². The Hall–Kier alpha value is -2.76. The van der Waals surface area contributed by atoms with Crippen molar-refractivity contribution in [3.05, 3.63) is 52.3 Å². The van der Waals surface area contributed by atoms with Gasteiger partial charge < -0.3 is 19.4 Å². The fourth-order valence-electron chi connectivity index (χ4n) is 3.20. The zero-order valence-electron chi connectivity index (χ0n) is 17.6. The van der Waals surface area contributed by atoms with Gasteiger partial charge in [-0.15, -0.1) is 0 Å². The number of nitrogens with zero attached hydrogens (tertiary/aromatic N) is 1. The van der Waals surface area contributed by atoms with Gasteiger partial charge in [0.1, 0.15) is 5.75 Å². The Bertz CT molecular complexity index is 822. The summed E-state index contributed by atoms with van der Waals surface area (Å²) < 4.78 is 10.4. The van der Waals surface area contributed by atoms with Crippen LogP contribution in [0, 0.1) is 19.8 Å². The van der Waals surface area contributed by atoms with E-state index in [1.807, 2.05) is 52.0 Å². The number of esters is 1. The maximum atomic E-state index is 12.8. The van der Waals surface area contributed by atoms with E-state index < -0.39 is 0 Å². The quantitative estimate of drug-likeness (QED) is 0.696. The zero-order chi connectivity index (χ0) is 20.8. The third-order valence-corrected chi connectivity index (χ3v) is 4.71. The number of amides is 1. The van der Waals surface area contributed by atoms with Crippen molar-refractivity contribution >= 4 is 11.9 Å². The molecule has 1 aromatic heterocycles. The number of nitrogens with one attached hydrogen (secondary N) is 1. The van der Waals surface area contributed by atoms with E-state index in [2.05, 4.69) is 4.98 Å². The predicted molar refractivity (Wildman–Crippen MR) is 108 cm³/mol. The highest BCUT2D eigenvalue weighted by molar-refractivity contribution is 5.92. The Morgan fingerprint density at radius 2 is 1.75 bits per heavy atom. The molecule has 0 aliphatic carbocycles. The van der Waals surface area contributed by atoms with Gasteiger partial charge in [0.05, 0.1) is 25.8 Å². The molecule has 0 aliphatic heterocycles. The van der Waals surface area contributed by atoms with Gasteiger partial charge in [-0.05, 0) is 44.0 Å². The number of ether oxygens (including phenoxy) is 2. The van der Waals surface area contributed by atoms with Crippen molar-refractivity contribution in [3.63, 3.8) is 0 Å². The largest absolute Gasteiger partial charge is 0.497 e. The van der Waals surface area contributed by atoms with E-state index >= 15 is 0 Å².